The third kappa shape index (κ3) is 9.33. The fourth-order valence-corrected chi connectivity index (χ4v) is 0.669. The van der Waals surface area contributed by atoms with Crippen LogP contribution < -0.4 is 0 Å². The highest BCUT2D eigenvalue weighted by molar-refractivity contribution is 5.86. The first-order chi connectivity index (χ1) is 7.20. The molecule has 0 aliphatic heterocycles. The molecule has 0 fully saturated rings. The molecule has 0 aliphatic rings. The van der Waals surface area contributed by atoms with Crippen molar-refractivity contribution in [3.8, 4) is 0 Å². The van der Waals surface area contributed by atoms with E-state index >= 15 is 0 Å². The molecule has 6 heteroatoms. The zero-order chi connectivity index (χ0) is 11.5. The molecule has 0 unspecified atom stereocenters. The van der Waals surface area contributed by atoms with Crippen molar-refractivity contribution in [1.29, 1.82) is 0 Å². The molecule has 0 saturated heterocycles. The molecule has 0 N–H and O–H groups in total. The topological polar surface area (TPSA) is 71.1 Å². The SMILES string of the molecule is CCOCC(=O)OC(=O)COCCOC. The monoisotopic (exact) mass is 220 g/mol. The lowest BCUT2D eigenvalue weighted by molar-refractivity contribution is -0.165. The highest BCUT2D eigenvalue weighted by Gasteiger charge is 2.09. The largest absolute Gasteiger partial charge is 0.390 e. The Morgan fingerprint density at radius 1 is 1.00 bits per heavy atom. The second-order valence-electron chi connectivity index (χ2n) is 2.53. The summed E-state index contributed by atoms with van der Waals surface area (Å²) in [4.78, 5) is 21.8. The minimum atomic E-state index is -0.726. The zero-order valence-corrected chi connectivity index (χ0v) is 8.99. The van der Waals surface area contributed by atoms with Crippen LogP contribution in [0.3, 0.4) is 0 Å². The summed E-state index contributed by atoms with van der Waals surface area (Å²) in [7, 11) is 1.52. The average Bonchev–Trinajstić information content (AvgIpc) is 2.21. The van der Waals surface area contributed by atoms with Gasteiger partial charge in [0.1, 0.15) is 13.2 Å². The van der Waals surface area contributed by atoms with Gasteiger partial charge < -0.3 is 18.9 Å². The van der Waals surface area contributed by atoms with Gasteiger partial charge in [0.25, 0.3) is 0 Å². The first-order valence-electron chi connectivity index (χ1n) is 4.58. The van der Waals surface area contributed by atoms with Gasteiger partial charge in [-0.05, 0) is 6.92 Å². The maximum absolute atomic E-state index is 10.9. The number of carbonyl (C=O) groups excluding carboxylic acids is 2. The Hall–Kier alpha value is -0.980. The molecular weight excluding hydrogens is 204 g/mol. The first kappa shape index (κ1) is 14.0. The van der Waals surface area contributed by atoms with Crippen LogP contribution in [0.2, 0.25) is 0 Å². The summed E-state index contributed by atoms with van der Waals surface area (Å²) in [6.07, 6.45) is 0. The standard InChI is InChI=1S/C9H16O6/c1-3-13-6-8(10)15-9(11)7-14-5-4-12-2/h3-7H2,1-2H3. The summed E-state index contributed by atoms with van der Waals surface area (Å²) in [5.74, 6) is -1.44. The molecule has 0 aromatic rings. The van der Waals surface area contributed by atoms with Gasteiger partial charge >= 0.3 is 11.9 Å². The van der Waals surface area contributed by atoms with Crippen molar-refractivity contribution in [3.05, 3.63) is 0 Å². The summed E-state index contributed by atoms with van der Waals surface area (Å²) >= 11 is 0. The van der Waals surface area contributed by atoms with Crippen molar-refractivity contribution < 1.29 is 28.5 Å². The molecule has 0 saturated carbocycles. The summed E-state index contributed by atoms with van der Waals surface area (Å²) in [5, 5.41) is 0. The number of carbonyl (C=O) groups is 2. The Kier molecular flexibility index (Phi) is 8.95. The Balaban J connectivity index is 3.43. The Morgan fingerprint density at radius 3 is 2.13 bits per heavy atom. The van der Waals surface area contributed by atoms with E-state index in [1.54, 1.807) is 6.92 Å². The van der Waals surface area contributed by atoms with E-state index in [4.69, 9.17) is 14.2 Å². The van der Waals surface area contributed by atoms with Crippen LogP contribution in [0.25, 0.3) is 0 Å². The molecule has 0 amide bonds. The van der Waals surface area contributed by atoms with Crippen LogP contribution in [0.5, 0.6) is 0 Å². The molecule has 0 spiro atoms. The quantitative estimate of drug-likeness (QED) is 0.319. The van der Waals surface area contributed by atoms with Crippen LogP contribution in [0.1, 0.15) is 6.92 Å². The molecule has 0 radical (unpaired) electrons. The second-order valence-corrected chi connectivity index (χ2v) is 2.53. The van der Waals surface area contributed by atoms with Crippen LogP contribution in [-0.4, -0.2) is 52.1 Å². The fraction of sp³-hybridized carbons (Fsp3) is 0.778. The number of hydrogen-bond acceptors (Lipinski definition) is 6. The van der Waals surface area contributed by atoms with E-state index in [9.17, 15) is 9.59 Å². The molecule has 6 nitrogen and oxygen atoms in total. The molecule has 0 atom stereocenters. The predicted octanol–water partition coefficient (Wildman–Crippen LogP) is -0.244. The number of rotatable bonds is 8. The smallest absolute Gasteiger partial charge is 0.339 e. The minimum absolute atomic E-state index is 0.222. The van der Waals surface area contributed by atoms with Gasteiger partial charge in [-0.25, -0.2) is 9.59 Å². The van der Waals surface area contributed by atoms with Crippen molar-refractivity contribution in [1.82, 2.24) is 0 Å². The number of esters is 2. The van der Waals surface area contributed by atoms with Crippen molar-refractivity contribution in [2.45, 2.75) is 6.92 Å². The lowest BCUT2D eigenvalue weighted by Crippen LogP contribution is -2.21. The molecule has 88 valence electrons. The van der Waals surface area contributed by atoms with E-state index < -0.39 is 11.9 Å². The summed E-state index contributed by atoms with van der Waals surface area (Å²) < 4.78 is 18.7. The zero-order valence-electron chi connectivity index (χ0n) is 8.99. The Labute approximate surface area is 88.4 Å². The van der Waals surface area contributed by atoms with Gasteiger partial charge in [0.2, 0.25) is 0 Å². The molecule has 0 heterocycles. The number of ether oxygens (including phenoxy) is 4. The maximum Gasteiger partial charge on any atom is 0.339 e. The summed E-state index contributed by atoms with van der Waals surface area (Å²) in [5.41, 5.74) is 0. The minimum Gasteiger partial charge on any atom is -0.390 e. The van der Waals surface area contributed by atoms with E-state index in [1.165, 1.54) is 7.11 Å². The van der Waals surface area contributed by atoms with Gasteiger partial charge in [-0.15, -0.1) is 0 Å². The van der Waals surface area contributed by atoms with Gasteiger partial charge in [-0.2, -0.15) is 0 Å². The van der Waals surface area contributed by atoms with Gasteiger partial charge in [0.15, 0.2) is 0 Å². The normalized spacial score (nSPS) is 10.0. The fourth-order valence-electron chi connectivity index (χ4n) is 0.669. The van der Waals surface area contributed by atoms with Crippen molar-refractivity contribution in [2.75, 3.05) is 40.1 Å². The van der Waals surface area contributed by atoms with Gasteiger partial charge in [0.05, 0.1) is 13.2 Å². The highest BCUT2D eigenvalue weighted by atomic mass is 16.6. The van der Waals surface area contributed by atoms with Crippen LogP contribution >= 0.6 is 0 Å². The van der Waals surface area contributed by atoms with Crippen LogP contribution in [-0.2, 0) is 28.5 Å². The molecule has 0 bridgehead atoms. The van der Waals surface area contributed by atoms with E-state index in [-0.39, 0.29) is 19.8 Å². The summed E-state index contributed by atoms with van der Waals surface area (Å²) in [6.45, 7) is 2.32. The maximum atomic E-state index is 10.9. The van der Waals surface area contributed by atoms with Gasteiger partial charge in [-0.1, -0.05) is 0 Å². The number of methoxy groups -OCH3 is 1. The van der Waals surface area contributed by atoms with Crippen molar-refractivity contribution in [3.63, 3.8) is 0 Å². The van der Waals surface area contributed by atoms with Gasteiger partial charge in [0, 0.05) is 13.7 Å². The number of hydrogen-bond donors (Lipinski definition) is 0. The average molecular weight is 220 g/mol. The van der Waals surface area contributed by atoms with Crippen LogP contribution in [0.4, 0.5) is 0 Å². The molecular formula is C9H16O6. The molecule has 0 rings (SSSR count). The molecule has 0 aliphatic carbocycles. The Morgan fingerprint density at radius 2 is 1.60 bits per heavy atom. The first-order valence-corrected chi connectivity index (χ1v) is 4.58. The lowest BCUT2D eigenvalue weighted by Gasteiger charge is -2.03. The van der Waals surface area contributed by atoms with Crippen molar-refractivity contribution >= 4 is 11.9 Å². The Bertz CT molecular complexity index is 191. The van der Waals surface area contributed by atoms with Crippen LogP contribution in [0.15, 0.2) is 0 Å². The molecule has 15 heavy (non-hydrogen) atoms. The molecule has 0 aromatic heterocycles. The predicted molar refractivity (Wildman–Crippen MR) is 50.3 cm³/mol. The third-order valence-corrected chi connectivity index (χ3v) is 1.30. The van der Waals surface area contributed by atoms with Crippen molar-refractivity contribution in [2.24, 2.45) is 0 Å². The van der Waals surface area contributed by atoms with Gasteiger partial charge in [-0.3, -0.25) is 0 Å². The third-order valence-electron chi connectivity index (χ3n) is 1.30. The van der Waals surface area contributed by atoms with E-state index in [2.05, 4.69) is 4.74 Å². The van der Waals surface area contributed by atoms with E-state index in [1.807, 2.05) is 0 Å². The van der Waals surface area contributed by atoms with E-state index in [0.29, 0.717) is 13.2 Å². The summed E-state index contributed by atoms with van der Waals surface area (Å²) in [6, 6.07) is 0. The highest BCUT2D eigenvalue weighted by Crippen LogP contribution is 1.85. The lowest BCUT2D eigenvalue weighted by atomic mass is 10.6. The second kappa shape index (κ2) is 9.57. The van der Waals surface area contributed by atoms with Crippen LogP contribution in [0, 0.1) is 0 Å². The molecule has 0 aromatic carbocycles. The van der Waals surface area contributed by atoms with E-state index in [0.717, 1.165) is 0 Å².